The number of terminal acetylenes is 1. The Hall–Kier alpha value is -0.560. The first-order valence-electron chi connectivity index (χ1n) is 5.11. The van der Waals surface area contributed by atoms with E-state index in [9.17, 15) is 0 Å². The van der Waals surface area contributed by atoms with Crippen molar-refractivity contribution in [1.82, 2.24) is 5.32 Å². The van der Waals surface area contributed by atoms with Gasteiger partial charge in [-0.3, -0.25) is 0 Å². The highest BCUT2D eigenvalue weighted by Gasteiger charge is 1.98. The third kappa shape index (κ3) is 8.06. The van der Waals surface area contributed by atoms with Crippen molar-refractivity contribution in [3.05, 3.63) is 0 Å². The van der Waals surface area contributed by atoms with Gasteiger partial charge in [-0.1, -0.05) is 12.8 Å². The maximum Gasteiger partial charge on any atom is 0.0685 e. The molecule has 1 unspecified atom stereocenters. The predicted molar refractivity (Wildman–Crippen MR) is 58.2 cm³/mol. The van der Waals surface area contributed by atoms with Crippen LogP contribution in [0.5, 0.6) is 0 Å². The maximum absolute atomic E-state index is 5.36. The van der Waals surface area contributed by atoms with E-state index in [0.717, 1.165) is 32.6 Å². The van der Waals surface area contributed by atoms with E-state index in [1.54, 1.807) is 7.11 Å². The van der Waals surface area contributed by atoms with Gasteiger partial charge in [0.2, 0.25) is 0 Å². The SMILES string of the molecule is C#CC(CC)NCCOCCCOC. The second kappa shape index (κ2) is 10.5. The lowest BCUT2D eigenvalue weighted by Gasteiger charge is -2.10. The van der Waals surface area contributed by atoms with Crippen LogP contribution in [0.1, 0.15) is 19.8 Å². The van der Waals surface area contributed by atoms with Crippen LogP contribution in [0.3, 0.4) is 0 Å². The van der Waals surface area contributed by atoms with Crippen molar-refractivity contribution < 1.29 is 9.47 Å². The van der Waals surface area contributed by atoms with Crippen LogP contribution in [0.15, 0.2) is 0 Å². The zero-order valence-corrected chi connectivity index (χ0v) is 9.21. The van der Waals surface area contributed by atoms with Gasteiger partial charge in [0.15, 0.2) is 0 Å². The topological polar surface area (TPSA) is 30.5 Å². The summed E-state index contributed by atoms with van der Waals surface area (Å²) in [6, 6.07) is 0.178. The Kier molecular flexibility index (Phi) is 10.1. The molecular weight excluding hydrogens is 178 g/mol. The Labute approximate surface area is 87.2 Å². The molecule has 82 valence electrons. The molecule has 0 rings (SSSR count). The van der Waals surface area contributed by atoms with Crippen LogP contribution in [0.4, 0.5) is 0 Å². The van der Waals surface area contributed by atoms with E-state index in [1.165, 1.54) is 0 Å². The molecule has 3 nitrogen and oxygen atoms in total. The van der Waals surface area contributed by atoms with Gasteiger partial charge in [0.25, 0.3) is 0 Å². The molecule has 0 aromatic carbocycles. The molecular formula is C11H21NO2. The number of hydrogen-bond acceptors (Lipinski definition) is 3. The van der Waals surface area contributed by atoms with Gasteiger partial charge < -0.3 is 14.8 Å². The summed E-state index contributed by atoms with van der Waals surface area (Å²) in [4.78, 5) is 0. The van der Waals surface area contributed by atoms with Crippen molar-refractivity contribution in [2.75, 3.05) is 33.5 Å². The van der Waals surface area contributed by atoms with E-state index < -0.39 is 0 Å². The molecule has 0 saturated carbocycles. The molecule has 1 N–H and O–H groups in total. The van der Waals surface area contributed by atoms with E-state index in [1.807, 2.05) is 0 Å². The molecule has 1 atom stereocenters. The minimum atomic E-state index is 0.178. The predicted octanol–water partition coefficient (Wildman–Crippen LogP) is 1.04. The molecule has 0 aliphatic rings. The van der Waals surface area contributed by atoms with Gasteiger partial charge in [0, 0.05) is 26.9 Å². The van der Waals surface area contributed by atoms with Gasteiger partial charge in [-0.05, 0) is 12.8 Å². The minimum absolute atomic E-state index is 0.178. The average Bonchev–Trinajstić information content (AvgIpc) is 2.22. The number of methoxy groups -OCH3 is 1. The molecule has 3 heteroatoms. The highest BCUT2D eigenvalue weighted by molar-refractivity contribution is 4.97. The Morgan fingerprint density at radius 2 is 2.14 bits per heavy atom. The normalized spacial score (nSPS) is 12.4. The molecule has 0 radical (unpaired) electrons. The van der Waals surface area contributed by atoms with E-state index in [2.05, 4.69) is 18.2 Å². The summed E-state index contributed by atoms with van der Waals surface area (Å²) in [5, 5.41) is 3.22. The quantitative estimate of drug-likeness (QED) is 0.444. The van der Waals surface area contributed by atoms with Crippen molar-refractivity contribution >= 4 is 0 Å². The average molecular weight is 199 g/mol. The summed E-state index contributed by atoms with van der Waals surface area (Å²) in [6.45, 7) is 5.10. The van der Waals surface area contributed by atoms with Crippen molar-refractivity contribution in [2.45, 2.75) is 25.8 Å². The van der Waals surface area contributed by atoms with Gasteiger partial charge in [-0.25, -0.2) is 0 Å². The summed E-state index contributed by atoms with van der Waals surface area (Å²) in [6.07, 6.45) is 7.20. The largest absolute Gasteiger partial charge is 0.385 e. The number of rotatable bonds is 9. The van der Waals surface area contributed by atoms with E-state index in [0.29, 0.717) is 6.61 Å². The van der Waals surface area contributed by atoms with Crippen LogP contribution in [0.25, 0.3) is 0 Å². The molecule has 0 saturated heterocycles. The second-order valence-electron chi connectivity index (χ2n) is 3.04. The third-order valence-corrected chi connectivity index (χ3v) is 1.88. The highest BCUT2D eigenvalue weighted by Crippen LogP contribution is 1.87. The fourth-order valence-electron chi connectivity index (χ4n) is 1.03. The van der Waals surface area contributed by atoms with Crippen molar-refractivity contribution in [3.8, 4) is 12.3 Å². The molecule has 0 spiro atoms. The molecule has 0 aliphatic heterocycles. The third-order valence-electron chi connectivity index (χ3n) is 1.88. The fraction of sp³-hybridized carbons (Fsp3) is 0.818. The summed E-state index contributed by atoms with van der Waals surface area (Å²) < 4.78 is 10.3. The Morgan fingerprint density at radius 1 is 1.36 bits per heavy atom. The number of ether oxygens (including phenoxy) is 2. The van der Waals surface area contributed by atoms with Gasteiger partial charge >= 0.3 is 0 Å². The zero-order chi connectivity index (χ0) is 10.6. The monoisotopic (exact) mass is 199 g/mol. The van der Waals surface area contributed by atoms with E-state index in [-0.39, 0.29) is 6.04 Å². The minimum Gasteiger partial charge on any atom is -0.385 e. The molecule has 0 fully saturated rings. The summed E-state index contributed by atoms with van der Waals surface area (Å²) in [5.74, 6) is 2.68. The van der Waals surface area contributed by atoms with Crippen molar-refractivity contribution in [2.24, 2.45) is 0 Å². The summed E-state index contributed by atoms with van der Waals surface area (Å²) >= 11 is 0. The standard InChI is InChI=1S/C11H21NO2/c1-4-11(5-2)12-7-10-14-9-6-8-13-3/h1,11-12H,5-10H2,2-3H3. The van der Waals surface area contributed by atoms with Crippen LogP contribution in [-0.4, -0.2) is 39.5 Å². The maximum atomic E-state index is 5.36. The van der Waals surface area contributed by atoms with E-state index in [4.69, 9.17) is 15.9 Å². The molecule has 0 aliphatic carbocycles. The lowest BCUT2D eigenvalue weighted by Crippen LogP contribution is -2.30. The lowest BCUT2D eigenvalue weighted by molar-refractivity contribution is 0.104. The molecule has 0 bridgehead atoms. The first kappa shape index (κ1) is 13.4. The molecule has 0 aromatic rings. The number of hydrogen-bond donors (Lipinski definition) is 1. The van der Waals surface area contributed by atoms with Crippen LogP contribution < -0.4 is 5.32 Å². The van der Waals surface area contributed by atoms with Gasteiger partial charge in [0.1, 0.15) is 0 Å². The van der Waals surface area contributed by atoms with Crippen molar-refractivity contribution in [3.63, 3.8) is 0 Å². The highest BCUT2D eigenvalue weighted by atomic mass is 16.5. The van der Waals surface area contributed by atoms with Gasteiger partial charge in [-0.2, -0.15) is 0 Å². The fourth-order valence-corrected chi connectivity index (χ4v) is 1.03. The van der Waals surface area contributed by atoms with Gasteiger partial charge in [0.05, 0.1) is 12.6 Å². The first-order valence-corrected chi connectivity index (χ1v) is 5.11. The second-order valence-corrected chi connectivity index (χ2v) is 3.04. The summed E-state index contributed by atoms with van der Waals surface area (Å²) in [5.41, 5.74) is 0. The summed E-state index contributed by atoms with van der Waals surface area (Å²) in [7, 11) is 1.69. The van der Waals surface area contributed by atoms with Crippen LogP contribution in [-0.2, 0) is 9.47 Å². The molecule has 0 aromatic heterocycles. The molecule has 0 amide bonds. The van der Waals surface area contributed by atoms with Crippen molar-refractivity contribution in [1.29, 1.82) is 0 Å². The Balaban J connectivity index is 3.09. The lowest BCUT2D eigenvalue weighted by atomic mass is 10.2. The van der Waals surface area contributed by atoms with E-state index >= 15 is 0 Å². The van der Waals surface area contributed by atoms with Gasteiger partial charge in [-0.15, -0.1) is 6.42 Å². The molecule has 14 heavy (non-hydrogen) atoms. The molecule has 0 heterocycles. The van der Waals surface area contributed by atoms with Crippen LogP contribution >= 0.6 is 0 Å². The number of nitrogens with one attached hydrogen (secondary N) is 1. The van der Waals surface area contributed by atoms with Crippen LogP contribution in [0, 0.1) is 12.3 Å². The Bertz CT molecular complexity index is 154. The smallest absolute Gasteiger partial charge is 0.0685 e. The zero-order valence-electron chi connectivity index (χ0n) is 9.21. The Morgan fingerprint density at radius 3 is 2.71 bits per heavy atom. The first-order chi connectivity index (χ1) is 6.85. The van der Waals surface area contributed by atoms with Crippen LogP contribution in [0.2, 0.25) is 0 Å².